The summed E-state index contributed by atoms with van der Waals surface area (Å²) in [5.74, 6) is 1.05. The highest BCUT2D eigenvalue weighted by Crippen LogP contribution is 2.27. The molecule has 0 aromatic carbocycles. The van der Waals surface area contributed by atoms with E-state index in [4.69, 9.17) is 11.6 Å². The first-order valence-corrected chi connectivity index (χ1v) is 7.25. The van der Waals surface area contributed by atoms with Gasteiger partial charge in [-0.1, -0.05) is 40.4 Å². The zero-order valence-corrected chi connectivity index (χ0v) is 11.5. The molecule has 1 aliphatic carbocycles. The number of aromatic nitrogens is 1. The Morgan fingerprint density at radius 1 is 1.38 bits per heavy atom. The minimum atomic E-state index is 0.659. The fourth-order valence-corrected chi connectivity index (χ4v) is 2.82. The summed E-state index contributed by atoms with van der Waals surface area (Å²) in [6.45, 7) is 1.01. The summed E-state index contributed by atoms with van der Waals surface area (Å²) in [4.78, 5) is 6.82. The van der Waals surface area contributed by atoms with E-state index < -0.39 is 0 Å². The van der Waals surface area contributed by atoms with E-state index in [2.05, 4.69) is 25.8 Å². The van der Waals surface area contributed by atoms with Crippen molar-refractivity contribution in [3.8, 4) is 0 Å². The zero-order chi connectivity index (χ0) is 11.4. The maximum absolute atomic E-state index is 5.86. The molecular formula is C12H16BrClN2. The highest BCUT2D eigenvalue weighted by atomic mass is 79.9. The van der Waals surface area contributed by atoms with E-state index in [0.717, 1.165) is 17.7 Å². The molecule has 0 N–H and O–H groups in total. The lowest BCUT2D eigenvalue weighted by atomic mass is 10.2. The number of alkyl halides is 1. The third kappa shape index (κ3) is 2.89. The van der Waals surface area contributed by atoms with Crippen molar-refractivity contribution in [2.45, 2.75) is 31.7 Å². The predicted octanol–water partition coefficient (Wildman–Crippen LogP) is 3.88. The van der Waals surface area contributed by atoms with E-state index in [9.17, 15) is 0 Å². The third-order valence-corrected chi connectivity index (χ3v) is 3.68. The van der Waals surface area contributed by atoms with Crippen LogP contribution < -0.4 is 4.90 Å². The van der Waals surface area contributed by atoms with Gasteiger partial charge < -0.3 is 4.90 Å². The number of rotatable bonds is 4. The number of nitrogens with zero attached hydrogens (tertiary/aromatic N) is 2. The summed E-state index contributed by atoms with van der Waals surface area (Å²) in [5, 5.41) is 1.68. The first kappa shape index (κ1) is 12.2. The van der Waals surface area contributed by atoms with E-state index in [1.165, 1.54) is 25.7 Å². The van der Waals surface area contributed by atoms with Crippen molar-refractivity contribution in [1.29, 1.82) is 0 Å². The van der Waals surface area contributed by atoms with Crippen LogP contribution in [0.1, 0.15) is 25.7 Å². The van der Waals surface area contributed by atoms with Crippen LogP contribution in [-0.2, 0) is 0 Å². The van der Waals surface area contributed by atoms with Crippen molar-refractivity contribution in [1.82, 2.24) is 4.98 Å². The van der Waals surface area contributed by atoms with Crippen molar-refractivity contribution in [3.05, 3.63) is 23.4 Å². The van der Waals surface area contributed by atoms with Crippen LogP contribution in [0.3, 0.4) is 0 Å². The number of halogens is 2. The molecule has 4 heteroatoms. The minimum Gasteiger partial charge on any atom is -0.353 e. The molecule has 0 saturated heterocycles. The fourth-order valence-electron chi connectivity index (χ4n) is 2.33. The lowest BCUT2D eigenvalue weighted by molar-refractivity contribution is 0.616. The maximum atomic E-state index is 5.86. The second-order valence-electron chi connectivity index (χ2n) is 4.16. The van der Waals surface area contributed by atoms with Crippen LogP contribution in [0.4, 0.5) is 5.82 Å². The van der Waals surface area contributed by atoms with Gasteiger partial charge in [-0.15, -0.1) is 0 Å². The summed E-state index contributed by atoms with van der Waals surface area (Å²) in [6.07, 6.45) is 7.00. The number of anilines is 1. The van der Waals surface area contributed by atoms with Gasteiger partial charge in [0.05, 0.1) is 5.02 Å². The highest BCUT2D eigenvalue weighted by Gasteiger charge is 2.22. The largest absolute Gasteiger partial charge is 0.353 e. The van der Waals surface area contributed by atoms with E-state index in [-0.39, 0.29) is 0 Å². The number of hydrogen-bond donors (Lipinski definition) is 0. The lowest BCUT2D eigenvalue weighted by Gasteiger charge is -2.29. The van der Waals surface area contributed by atoms with Gasteiger partial charge in [0.15, 0.2) is 0 Å². The van der Waals surface area contributed by atoms with E-state index >= 15 is 0 Å². The minimum absolute atomic E-state index is 0.659. The normalized spacial score (nSPS) is 16.6. The molecule has 1 aromatic heterocycles. The molecule has 0 amide bonds. The summed E-state index contributed by atoms with van der Waals surface area (Å²) in [6, 6.07) is 4.59. The molecule has 1 saturated carbocycles. The summed E-state index contributed by atoms with van der Waals surface area (Å²) < 4.78 is 0. The van der Waals surface area contributed by atoms with Gasteiger partial charge in [-0.05, 0) is 25.0 Å². The molecule has 1 heterocycles. The molecule has 0 radical (unpaired) electrons. The standard InChI is InChI=1S/C12H16BrClN2/c13-7-8-16(11-3-1-2-4-11)12-6-5-10(14)9-15-12/h5-6,9,11H,1-4,7-8H2. The molecule has 0 atom stereocenters. The number of pyridine rings is 1. The smallest absolute Gasteiger partial charge is 0.128 e. The SMILES string of the molecule is Clc1ccc(N(CCBr)C2CCCC2)nc1. The van der Waals surface area contributed by atoms with Gasteiger partial charge in [0.25, 0.3) is 0 Å². The van der Waals surface area contributed by atoms with Crippen molar-refractivity contribution < 1.29 is 0 Å². The topological polar surface area (TPSA) is 16.1 Å². The molecule has 1 fully saturated rings. The van der Waals surface area contributed by atoms with E-state index in [1.807, 2.05) is 12.1 Å². The average Bonchev–Trinajstić information content (AvgIpc) is 2.81. The van der Waals surface area contributed by atoms with Crippen LogP contribution in [0.25, 0.3) is 0 Å². The summed E-state index contributed by atoms with van der Waals surface area (Å²) in [5.41, 5.74) is 0. The van der Waals surface area contributed by atoms with Crippen LogP contribution in [0.2, 0.25) is 5.02 Å². The molecule has 0 aliphatic heterocycles. The monoisotopic (exact) mass is 302 g/mol. The van der Waals surface area contributed by atoms with Crippen molar-refractivity contribution in [2.24, 2.45) is 0 Å². The average molecular weight is 304 g/mol. The van der Waals surface area contributed by atoms with Crippen LogP contribution in [0, 0.1) is 0 Å². The van der Waals surface area contributed by atoms with Gasteiger partial charge in [-0.2, -0.15) is 0 Å². The Bertz CT molecular complexity index is 322. The van der Waals surface area contributed by atoms with Crippen molar-refractivity contribution >= 4 is 33.3 Å². The van der Waals surface area contributed by atoms with Crippen LogP contribution in [-0.4, -0.2) is 22.9 Å². The summed E-state index contributed by atoms with van der Waals surface area (Å²) in [7, 11) is 0. The van der Waals surface area contributed by atoms with Gasteiger partial charge in [0, 0.05) is 24.1 Å². The molecule has 2 nitrogen and oxygen atoms in total. The quantitative estimate of drug-likeness (QED) is 0.785. The van der Waals surface area contributed by atoms with Crippen LogP contribution in [0.5, 0.6) is 0 Å². The van der Waals surface area contributed by atoms with Crippen LogP contribution in [0.15, 0.2) is 18.3 Å². The predicted molar refractivity (Wildman–Crippen MR) is 72.6 cm³/mol. The fraction of sp³-hybridized carbons (Fsp3) is 0.583. The first-order valence-electron chi connectivity index (χ1n) is 5.75. The van der Waals surface area contributed by atoms with E-state index in [1.54, 1.807) is 6.20 Å². The van der Waals surface area contributed by atoms with Gasteiger partial charge >= 0.3 is 0 Å². The molecule has 0 unspecified atom stereocenters. The molecular weight excluding hydrogens is 288 g/mol. The molecule has 0 bridgehead atoms. The molecule has 16 heavy (non-hydrogen) atoms. The van der Waals surface area contributed by atoms with Crippen LogP contribution >= 0.6 is 27.5 Å². The second kappa shape index (κ2) is 5.87. The zero-order valence-electron chi connectivity index (χ0n) is 9.20. The second-order valence-corrected chi connectivity index (χ2v) is 5.38. The Labute approximate surface area is 110 Å². The third-order valence-electron chi connectivity index (χ3n) is 3.10. The van der Waals surface area contributed by atoms with Gasteiger partial charge in [-0.25, -0.2) is 4.98 Å². The molecule has 1 aromatic rings. The molecule has 88 valence electrons. The molecule has 1 aliphatic rings. The molecule has 2 rings (SSSR count). The van der Waals surface area contributed by atoms with Crippen molar-refractivity contribution in [3.63, 3.8) is 0 Å². The van der Waals surface area contributed by atoms with Gasteiger partial charge in [0.2, 0.25) is 0 Å². The Hall–Kier alpha value is -0.280. The highest BCUT2D eigenvalue weighted by molar-refractivity contribution is 9.09. The summed E-state index contributed by atoms with van der Waals surface area (Å²) >= 11 is 9.38. The first-order chi connectivity index (χ1) is 7.81. The van der Waals surface area contributed by atoms with Gasteiger partial charge in [0.1, 0.15) is 5.82 Å². The Kier molecular flexibility index (Phi) is 4.47. The Balaban J connectivity index is 2.14. The van der Waals surface area contributed by atoms with Gasteiger partial charge in [-0.3, -0.25) is 0 Å². The molecule has 0 spiro atoms. The van der Waals surface area contributed by atoms with Crippen molar-refractivity contribution in [2.75, 3.05) is 16.8 Å². The Morgan fingerprint density at radius 2 is 2.12 bits per heavy atom. The Morgan fingerprint density at radius 3 is 2.69 bits per heavy atom. The lowest BCUT2D eigenvalue weighted by Crippen LogP contribution is -2.35. The number of hydrogen-bond acceptors (Lipinski definition) is 2. The maximum Gasteiger partial charge on any atom is 0.128 e. The van der Waals surface area contributed by atoms with E-state index in [0.29, 0.717) is 11.1 Å².